The van der Waals surface area contributed by atoms with E-state index in [0.717, 1.165) is 6.33 Å². The van der Waals surface area contributed by atoms with E-state index in [4.69, 9.17) is 4.74 Å². The molecule has 14 nitrogen and oxygen atoms in total. The van der Waals surface area contributed by atoms with Crippen LogP contribution >= 0.6 is 0 Å². The van der Waals surface area contributed by atoms with Crippen molar-refractivity contribution in [3.63, 3.8) is 0 Å². The number of hydrogen-bond donors (Lipinski definition) is 1. The Morgan fingerprint density at radius 2 is 1.96 bits per heavy atom. The van der Waals surface area contributed by atoms with E-state index in [2.05, 4.69) is 20.5 Å². The Morgan fingerprint density at radius 3 is 2.61 bits per heavy atom. The average molecular weight is 388 g/mol. The molecule has 0 aliphatic heterocycles. The van der Waals surface area contributed by atoms with Gasteiger partial charge in [0.05, 0.1) is 18.1 Å². The molecule has 0 saturated heterocycles. The van der Waals surface area contributed by atoms with E-state index >= 15 is 0 Å². The zero-order valence-corrected chi connectivity index (χ0v) is 14.3. The number of nitro groups is 2. The summed E-state index contributed by atoms with van der Waals surface area (Å²) >= 11 is 0. The molecule has 0 spiro atoms. The summed E-state index contributed by atoms with van der Waals surface area (Å²) in [5.41, 5.74) is -0.362. The normalized spacial score (nSPS) is 10.5. The van der Waals surface area contributed by atoms with Crippen molar-refractivity contribution < 1.29 is 19.4 Å². The van der Waals surface area contributed by atoms with Crippen LogP contribution in [0.25, 0.3) is 0 Å². The van der Waals surface area contributed by atoms with E-state index in [9.17, 15) is 25.0 Å². The average Bonchev–Trinajstić information content (AvgIpc) is 3.32. The van der Waals surface area contributed by atoms with Crippen molar-refractivity contribution in [3.8, 4) is 5.75 Å². The van der Waals surface area contributed by atoms with Crippen LogP contribution in [0.5, 0.6) is 5.75 Å². The van der Waals surface area contributed by atoms with Gasteiger partial charge in [-0.25, -0.2) is 4.68 Å². The summed E-state index contributed by atoms with van der Waals surface area (Å²) in [6.07, 6.45) is 2.60. The number of aromatic nitrogens is 5. The Labute approximate surface area is 155 Å². The lowest BCUT2D eigenvalue weighted by Crippen LogP contribution is -2.15. The van der Waals surface area contributed by atoms with Crippen molar-refractivity contribution in [3.05, 3.63) is 62.7 Å². The summed E-state index contributed by atoms with van der Waals surface area (Å²) in [7, 11) is 1.37. The van der Waals surface area contributed by atoms with Crippen LogP contribution in [-0.2, 0) is 6.67 Å². The Bertz CT molecular complexity index is 1060. The molecule has 14 heteroatoms. The molecule has 3 aromatic rings. The first kappa shape index (κ1) is 18.4. The third-order valence-corrected chi connectivity index (χ3v) is 3.50. The highest BCUT2D eigenvalue weighted by molar-refractivity contribution is 6.04. The van der Waals surface area contributed by atoms with Crippen LogP contribution in [0.2, 0.25) is 0 Å². The lowest BCUT2D eigenvalue weighted by atomic mass is 10.2. The number of nitrogens with zero attached hydrogens (tertiary/aromatic N) is 7. The fourth-order valence-electron chi connectivity index (χ4n) is 2.23. The number of benzene rings is 1. The second-order valence-corrected chi connectivity index (χ2v) is 5.32. The van der Waals surface area contributed by atoms with Gasteiger partial charge >= 0.3 is 5.95 Å². The number of rotatable bonds is 7. The van der Waals surface area contributed by atoms with Gasteiger partial charge in [0, 0.05) is 11.3 Å². The summed E-state index contributed by atoms with van der Waals surface area (Å²) in [6.45, 7) is -0.0171. The number of methoxy groups -OCH3 is 1. The van der Waals surface area contributed by atoms with Gasteiger partial charge in [0.15, 0.2) is 12.4 Å². The highest BCUT2D eigenvalue weighted by Gasteiger charge is 2.19. The summed E-state index contributed by atoms with van der Waals surface area (Å²) < 4.78 is 7.41. The maximum atomic E-state index is 12.3. The predicted octanol–water partition coefficient (Wildman–Crippen LogP) is 1.06. The maximum Gasteiger partial charge on any atom is 0.491 e. The Kier molecular flexibility index (Phi) is 4.93. The van der Waals surface area contributed by atoms with E-state index in [-0.39, 0.29) is 29.5 Å². The van der Waals surface area contributed by atoms with Crippen molar-refractivity contribution in [2.75, 3.05) is 12.4 Å². The Morgan fingerprint density at radius 1 is 1.18 bits per heavy atom. The standard InChI is InChI=1S/C14H12N8O6/c1-28-9-2-3-10(12(6-9)21(24)25)16-13(23)11-4-5-19(17-11)8-20-7-15-14(18-20)22(26)27/h2-7H,8H2,1H3,(H,16,23). The molecule has 0 unspecified atom stereocenters. The maximum absolute atomic E-state index is 12.3. The van der Waals surface area contributed by atoms with Crippen molar-refractivity contribution in [1.82, 2.24) is 24.5 Å². The van der Waals surface area contributed by atoms with E-state index in [1.165, 1.54) is 46.9 Å². The largest absolute Gasteiger partial charge is 0.496 e. The van der Waals surface area contributed by atoms with Gasteiger partial charge in [0.1, 0.15) is 11.4 Å². The van der Waals surface area contributed by atoms with E-state index in [1.54, 1.807) is 0 Å². The molecular formula is C14H12N8O6. The van der Waals surface area contributed by atoms with E-state index < -0.39 is 21.7 Å². The molecule has 0 aliphatic rings. The number of anilines is 1. The molecule has 3 rings (SSSR count). The first-order valence-corrected chi connectivity index (χ1v) is 7.58. The van der Waals surface area contributed by atoms with Gasteiger partial charge in [-0.1, -0.05) is 4.98 Å². The Balaban J connectivity index is 1.74. The molecule has 2 heterocycles. The molecule has 0 atom stereocenters. The van der Waals surface area contributed by atoms with Crippen LogP contribution < -0.4 is 10.1 Å². The fourth-order valence-corrected chi connectivity index (χ4v) is 2.23. The first-order valence-electron chi connectivity index (χ1n) is 7.58. The van der Waals surface area contributed by atoms with Gasteiger partial charge in [-0.05, 0) is 23.1 Å². The molecule has 28 heavy (non-hydrogen) atoms. The van der Waals surface area contributed by atoms with Gasteiger partial charge in [0.25, 0.3) is 11.6 Å². The lowest BCUT2D eigenvalue weighted by Gasteiger charge is -2.06. The Hall–Kier alpha value is -4.36. The SMILES string of the molecule is COc1ccc(NC(=O)c2ccn(Cn3cnc([N+](=O)[O-])n3)n2)c([N+](=O)[O-])c1. The third kappa shape index (κ3) is 3.90. The van der Waals surface area contributed by atoms with Crippen LogP contribution in [0, 0.1) is 20.2 Å². The number of carbonyl (C=O) groups excluding carboxylic acids is 1. The topological polar surface area (TPSA) is 173 Å². The van der Waals surface area contributed by atoms with Gasteiger partial charge in [-0.3, -0.25) is 14.9 Å². The molecule has 1 N–H and O–H groups in total. The molecule has 0 aliphatic carbocycles. The summed E-state index contributed by atoms with van der Waals surface area (Å²) in [5.74, 6) is -0.954. The molecule has 0 bridgehead atoms. The minimum atomic E-state index is -0.736. The zero-order valence-electron chi connectivity index (χ0n) is 14.3. The highest BCUT2D eigenvalue weighted by Crippen LogP contribution is 2.29. The van der Waals surface area contributed by atoms with Crippen LogP contribution in [0.1, 0.15) is 10.5 Å². The molecule has 1 aromatic carbocycles. The fraction of sp³-hybridized carbons (Fsp3) is 0.143. The summed E-state index contributed by atoms with van der Waals surface area (Å²) in [6, 6.07) is 5.39. The third-order valence-electron chi connectivity index (χ3n) is 3.50. The second kappa shape index (κ2) is 7.48. The lowest BCUT2D eigenvalue weighted by molar-refractivity contribution is -0.394. The van der Waals surface area contributed by atoms with Crippen LogP contribution in [0.3, 0.4) is 0 Å². The number of hydrogen-bond acceptors (Lipinski definition) is 9. The van der Waals surface area contributed by atoms with Gasteiger partial charge in [-0.2, -0.15) is 9.78 Å². The van der Waals surface area contributed by atoms with Crippen LogP contribution in [-0.4, -0.2) is 47.4 Å². The quantitative estimate of drug-likeness (QED) is 0.458. The van der Waals surface area contributed by atoms with Gasteiger partial charge in [-0.15, -0.1) is 0 Å². The number of amides is 1. The smallest absolute Gasteiger partial charge is 0.491 e. The van der Waals surface area contributed by atoms with Crippen molar-refractivity contribution in [2.45, 2.75) is 6.67 Å². The summed E-state index contributed by atoms with van der Waals surface area (Å²) in [4.78, 5) is 36.2. The first-order chi connectivity index (χ1) is 13.4. The van der Waals surface area contributed by atoms with E-state index in [0.29, 0.717) is 0 Å². The summed E-state index contributed by atoms with van der Waals surface area (Å²) in [5, 5.41) is 31.8. The minimum absolute atomic E-state index is 0.0141. The number of carbonyl (C=O) groups is 1. The molecule has 0 saturated carbocycles. The van der Waals surface area contributed by atoms with Gasteiger partial charge < -0.3 is 20.2 Å². The van der Waals surface area contributed by atoms with Crippen LogP contribution in [0.15, 0.2) is 36.8 Å². The van der Waals surface area contributed by atoms with Crippen molar-refractivity contribution in [2.24, 2.45) is 0 Å². The van der Waals surface area contributed by atoms with Crippen molar-refractivity contribution >= 4 is 23.2 Å². The monoisotopic (exact) mass is 388 g/mol. The minimum Gasteiger partial charge on any atom is -0.496 e. The molecule has 0 radical (unpaired) electrons. The predicted molar refractivity (Wildman–Crippen MR) is 91.9 cm³/mol. The highest BCUT2D eigenvalue weighted by atomic mass is 16.6. The molecule has 2 aromatic heterocycles. The number of nitrogens with one attached hydrogen (secondary N) is 1. The van der Waals surface area contributed by atoms with E-state index in [1.807, 2.05) is 0 Å². The molecule has 1 amide bonds. The molecular weight excluding hydrogens is 376 g/mol. The zero-order chi connectivity index (χ0) is 20.3. The van der Waals surface area contributed by atoms with Crippen LogP contribution in [0.4, 0.5) is 17.3 Å². The molecule has 144 valence electrons. The molecule has 0 fully saturated rings. The number of ether oxygens (including phenoxy) is 1. The number of nitro benzene ring substituents is 1. The van der Waals surface area contributed by atoms with Crippen molar-refractivity contribution in [1.29, 1.82) is 0 Å². The second-order valence-electron chi connectivity index (χ2n) is 5.32. The van der Waals surface area contributed by atoms with Gasteiger partial charge in [0.2, 0.25) is 6.33 Å².